The van der Waals surface area contributed by atoms with Crippen LogP contribution in [-0.4, -0.2) is 37.0 Å². The SMILES string of the molecule is N=c1c2cc(CN3CCNCC3)ccc2oc2cccc(C(N)=O)c12. The monoisotopic (exact) mass is 336 g/mol. The maximum atomic E-state index is 11.7. The van der Waals surface area contributed by atoms with Crippen molar-refractivity contribution in [2.75, 3.05) is 26.2 Å². The first-order valence-corrected chi connectivity index (χ1v) is 8.39. The molecule has 1 amide bonds. The number of nitrogens with zero attached hydrogens (tertiary/aromatic N) is 1. The van der Waals surface area contributed by atoms with E-state index in [1.807, 2.05) is 18.2 Å². The van der Waals surface area contributed by atoms with E-state index in [1.165, 1.54) is 0 Å². The number of carbonyl (C=O) groups is 1. The average molecular weight is 336 g/mol. The second-order valence-electron chi connectivity index (χ2n) is 6.38. The van der Waals surface area contributed by atoms with Crippen molar-refractivity contribution in [3.05, 3.63) is 52.9 Å². The summed E-state index contributed by atoms with van der Waals surface area (Å²) in [7, 11) is 0. The van der Waals surface area contributed by atoms with Crippen LogP contribution in [0.1, 0.15) is 15.9 Å². The minimum atomic E-state index is -0.550. The van der Waals surface area contributed by atoms with Gasteiger partial charge in [-0.1, -0.05) is 12.1 Å². The first-order valence-electron chi connectivity index (χ1n) is 8.39. The number of piperazine rings is 1. The van der Waals surface area contributed by atoms with Crippen molar-refractivity contribution in [1.82, 2.24) is 10.2 Å². The molecule has 6 heteroatoms. The molecule has 1 aromatic heterocycles. The van der Waals surface area contributed by atoms with Crippen LogP contribution in [0.4, 0.5) is 0 Å². The minimum absolute atomic E-state index is 0.285. The molecule has 0 atom stereocenters. The molecular weight excluding hydrogens is 316 g/mol. The normalized spacial score (nSPS) is 15.7. The van der Waals surface area contributed by atoms with Crippen molar-refractivity contribution in [3.63, 3.8) is 0 Å². The van der Waals surface area contributed by atoms with E-state index in [4.69, 9.17) is 15.6 Å². The van der Waals surface area contributed by atoms with E-state index in [-0.39, 0.29) is 5.36 Å². The van der Waals surface area contributed by atoms with Crippen LogP contribution >= 0.6 is 0 Å². The van der Waals surface area contributed by atoms with Crippen LogP contribution < -0.4 is 16.4 Å². The van der Waals surface area contributed by atoms with E-state index in [0.717, 1.165) is 38.3 Å². The molecular formula is C19H20N4O2. The highest BCUT2D eigenvalue weighted by molar-refractivity contribution is 6.06. The summed E-state index contributed by atoms with van der Waals surface area (Å²) in [5.41, 5.74) is 8.07. The van der Waals surface area contributed by atoms with Crippen molar-refractivity contribution in [2.45, 2.75) is 6.54 Å². The number of nitrogens with two attached hydrogens (primary N) is 1. The third kappa shape index (κ3) is 2.90. The number of fused-ring (bicyclic) bond motifs is 2. The lowest BCUT2D eigenvalue weighted by Crippen LogP contribution is -2.42. The van der Waals surface area contributed by atoms with Gasteiger partial charge in [0.05, 0.1) is 16.3 Å². The zero-order valence-electron chi connectivity index (χ0n) is 13.8. The van der Waals surface area contributed by atoms with E-state index in [2.05, 4.69) is 10.2 Å². The van der Waals surface area contributed by atoms with Gasteiger partial charge in [0.15, 0.2) is 0 Å². The van der Waals surface area contributed by atoms with Crippen LogP contribution in [-0.2, 0) is 6.54 Å². The molecule has 0 spiro atoms. The Labute approximate surface area is 144 Å². The first kappa shape index (κ1) is 15.8. The molecule has 2 heterocycles. The highest BCUT2D eigenvalue weighted by Gasteiger charge is 2.14. The van der Waals surface area contributed by atoms with E-state index < -0.39 is 5.91 Å². The summed E-state index contributed by atoms with van der Waals surface area (Å²) in [6.07, 6.45) is 0. The summed E-state index contributed by atoms with van der Waals surface area (Å²) in [5.74, 6) is -0.550. The van der Waals surface area contributed by atoms with Crippen LogP contribution in [0.3, 0.4) is 0 Å². The molecule has 0 bridgehead atoms. The molecule has 25 heavy (non-hydrogen) atoms. The highest BCUT2D eigenvalue weighted by Crippen LogP contribution is 2.22. The molecule has 1 fully saturated rings. The average Bonchev–Trinajstić information content (AvgIpc) is 2.63. The Bertz CT molecular complexity index is 1020. The van der Waals surface area contributed by atoms with Crippen LogP contribution in [0.15, 0.2) is 40.8 Å². The molecule has 1 aliphatic heterocycles. The van der Waals surface area contributed by atoms with Crippen LogP contribution in [0.5, 0.6) is 0 Å². The summed E-state index contributed by atoms with van der Waals surface area (Å²) in [6.45, 7) is 4.87. The Morgan fingerprint density at radius 3 is 2.76 bits per heavy atom. The Hall–Kier alpha value is -2.70. The Morgan fingerprint density at radius 2 is 2.00 bits per heavy atom. The zero-order chi connectivity index (χ0) is 17.4. The second kappa shape index (κ2) is 6.31. The lowest BCUT2D eigenvalue weighted by Gasteiger charge is -2.27. The second-order valence-corrected chi connectivity index (χ2v) is 6.38. The van der Waals surface area contributed by atoms with Crippen LogP contribution in [0, 0.1) is 5.41 Å². The molecule has 0 radical (unpaired) electrons. The Balaban J connectivity index is 1.84. The summed E-state index contributed by atoms with van der Waals surface area (Å²) in [6, 6.07) is 11.0. The fourth-order valence-corrected chi connectivity index (χ4v) is 3.42. The summed E-state index contributed by atoms with van der Waals surface area (Å²) < 4.78 is 5.91. The summed E-state index contributed by atoms with van der Waals surface area (Å²) in [4.78, 5) is 14.1. The number of amides is 1. The molecule has 0 unspecified atom stereocenters. The summed E-state index contributed by atoms with van der Waals surface area (Å²) >= 11 is 0. The van der Waals surface area contributed by atoms with Gasteiger partial charge >= 0.3 is 0 Å². The van der Waals surface area contributed by atoms with Crippen LogP contribution in [0.2, 0.25) is 0 Å². The van der Waals surface area contributed by atoms with Gasteiger partial charge in [-0.05, 0) is 29.8 Å². The fraction of sp³-hybridized carbons (Fsp3) is 0.263. The Morgan fingerprint density at radius 1 is 1.20 bits per heavy atom. The molecule has 4 rings (SSSR count). The first-order chi connectivity index (χ1) is 12.1. The fourth-order valence-electron chi connectivity index (χ4n) is 3.42. The smallest absolute Gasteiger partial charge is 0.249 e. The number of primary amides is 1. The van der Waals surface area contributed by atoms with Gasteiger partial charge in [0.25, 0.3) is 0 Å². The molecule has 128 valence electrons. The molecule has 6 nitrogen and oxygen atoms in total. The van der Waals surface area contributed by atoms with Crippen molar-refractivity contribution >= 4 is 27.8 Å². The standard InChI is InChI=1S/C19H20N4O2/c20-18-14-10-12(11-23-8-6-22-7-9-23)4-5-15(14)25-16-3-1-2-13(17(16)18)19(21)24/h1-5,10,20,22H,6-9,11H2,(H2,21,24). The number of hydrogen-bond donors (Lipinski definition) is 3. The van der Waals surface area contributed by atoms with E-state index >= 15 is 0 Å². The lowest BCUT2D eigenvalue weighted by molar-refractivity contribution is 0.100. The minimum Gasteiger partial charge on any atom is -0.456 e. The van der Waals surface area contributed by atoms with E-state index in [1.54, 1.807) is 18.2 Å². The number of nitrogens with one attached hydrogen (secondary N) is 2. The molecule has 0 saturated carbocycles. The van der Waals surface area contributed by atoms with E-state index in [0.29, 0.717) is 27.5 Å². The Kier molecular flexibility index (Phi) is 3.99. The largest absolute Gasteiger partial charge is 0.456 e. The molecule has 3 aromatic rings. The van der Waals surface area contributed by atoms with E-state index in [9.17, 15) is 4.79 Å². The van der Waals surface area contributed by atoms with Gasteiger partial charge in [0.1, 0.15) is 11.2 Å². The predicted molar refractivity (Wildman–Crippen MR) is 96.2 cm³/mol. The molecule has 1 aliphatic rings. The third-order valence-electron chi connectivity index (χ3n) is 4.69. The lowest BCUT2D eigenvalue weighted by atomic mass is 10.0. The number of benzene rings is 2. The van der Waals surface area contributed by atoms with Gasteiger partial charge in [-0.25, -0.2) is 0 Å². The van der Waals surface area contributed by atoms with Crippen molar-refractivity contribution in [2.24, 2.45) is 5.73 Å². The number of rotatable bonds is 3. The van der Waals surface area contributed by atoms with Crippen molar-refractivity contribution in [3.8, 4) is 0 Å². The third-order valence-corrected chi connectivity index (χ3v) is 4.69. The molecule has 1 saturated heterocycles. The maximum Gasteiger partial charge on any atom is 0.249 e. The summed E-state index contributed by atoms with van der Waals surface area (Å²) in [5, 5.41) is 13.4. The molecule has 4 N–H and O–H groups in total. The van der Waals surface area contributed by atoms with Gasteiger partial charge < -0.3 is 15.5 Å². The van der Waals surface area contributed by atoms with Gasteiger partial charge in [0, 0.05) is 38.1 Å². The predicted octanol–water partition coefficient (Wildman–Crippen LogP) is 1.57. The van der Waals surface area contributed by atoms with Crippen molar-refractivity contribution in [1.29, 1.82) is 5.41 Å². The van der Waals surface area contributed by atoms with Gasteiger partial charge in [-0.15, -0.1) is 0 Å². The van der Waals surface area contributed by atoms with Gasteiger partial charge in [0.2, 0.25) is 5.91 Å². The maximum absolute atomic E-state index is 11.7. The topological polar surface area (TPSA) is 95.3 Å². The quantitative estimate of drug-likeness (QED) is 0.633. The molecule has 2 aromatic carbocycles. The number of hydrogen-bond acceptors (Lipinski definition) is 5. The molecule has 0 aliphatic carbocycles. The van der Waals surface area contributed by atoms with Gasteiger partial charge in [-0.2, -0.15) is 0 Å². The van der Waals surface area contributed by atoms with Crippen molar-refractivity contribution < 1.29 is 9.21 Å². The van der Waals surface area contributed by atoms with Gasteiger partial charge in [-0.3, -0.25) is 15.1 Å². The zero-order valence-corrected chi connectivity index (χ0v) is 13.8. The number of carbonyl (C=O) groups excluding carboxylic acids is 1. The highest BCUT2D eigenvalue weighted by atomic mass is 16.3. The van der Waals surface area contributed by atoms with Crippen LogP contribution in [0.25, 0.3) is 21.9 Å².